The third-order valence-electron chi connectivity index (χ3n) is 7.87. The van der Waals surface area contributed by atoms with E-state index in [-0.39, 0.29) is 4.75 Å². The number of hydrogen-bond donors (Lipinski definition) is 1. The lowest BCUT2D eigenvalue weighted by molar-refractivity contribution is -0.146. The third kappa shape index (κ3) is 9.88. The van der Waals surface area contributed by atoms with Crippen molar-refractivity contribution in [3.05, 3.63) is 102 Å². The number of carbonyl (C=O) groups is 1. The van der Waals surface area contributed by atoms with Gasteiger partial charge in [-0.2, -0.15) is 0 Å². The van der Waals surface area contributed by atoms with Crippen molar-refractivity contribution in [1.82, 2.24) is 14.5 Å². The summed E-state index contributed by atoms with van der Waals surface area (Å²) in [6, 6.07) is 22.6. The van der Waals surface area contributed by atoms with Crippen LogP contribution in [0.2, 0.25) is 0 Å². The molecule has 0 saturated heterocycles. The molecule has 0 aliphatic rings. The maximum Gasteiger partial charge on any atom is 0.309 e. The average Bonchev–Trinajstić information content (AvgIpc) is 3.33. The Morgan fingerprint density at radius 1 is 0.878 bits per heavy atom. The molecule has 3 aromatic heterocycles. The zero-order chi connectivity index (χ0) is 35.8. The largest absolute Gasteiger partial charge is 0.487 e. The molecule has 0 saturated carbocycles. The summed E-state index contributed by atoms with van der Waals surface area (Å²) in [6.07, 6.45) is 5.01. The Morgan fingerprint density at radius 2 is 1.59 bits per heavy atom. The van der Waals surface area contributed by atoms with Gasteiger partial charge in [0.05, 0.1) is 17.7 Å². The number of benzene rings is 2. The highest BCUT2D eigenvalue weighted by molar-refractivity contribution is 8.00. The van der Waals surface area contributed by atoms with Crippen molar-refractivity contribution in [3.63, 3.8) is 0 Å². The van der Waals surface area contributed by atoms with E-state index >= 15 is 0 Å². The van der Waals surface area contributed by atoms with Gasteiger partial charge in [-0.1, -0.05) is 71.9 Å². The van der Waals surface area contributed by atoms with Crippen LogP contribution >= 0.6 is 11.8 Å². The third-order valence-corrected chi connectivity index (χ3v) is 9.14. The Labute approximate surface area is 296 Å². The van der Waals surface area contributed by atoms with Crippen LogP contribution < -0.4 is 9.47 Å². The Balaban J connectivity index is 0.00000265. The molecular weight excluding hydrogens is 631 g/mol. The van der Waals surface area contributed by atoms with Gasteiger partial charge in [-0.3, -0.25) is 9.78 Å². The molecule has 0 unspecified atom stereocenters. The van der Waals surface area contributed by atoms with Gasteiger partial charge in [0.1, 0.15) is 12.4 Å². The molecule has 0 radical (unpaired) electrons. The van der Waals surface area contributed by atoms with Crippen LogP contribution in [-0.4, -0.2) is 37.0 Å². The van der Waals surface area contributed by atoms with E-state index in [0.717, 1.165) is 61.6 Å². The van der Waals surface area contributed by atoms with Crippen molar-refractivity contribution in [2.45, 2.75) is 97.9 Å². The first kappa shape index (κ1) is 37.5. The Bertz CT molecular complexity index is 1820. The quantitative estimate of drug-likeness (QED) is 0.124. The summed E-state index contributed by atoms with van der Waals surface area (Å²) in [7, 11) is 0. The molecule has 8 heteroatoms. The van der Waals surface area contributed by atoms with Crippen molar-refractivity contribution < 1.29 is 19.4 Å². The van der Waals surface area contributed by atoms with Crippen molar-refractivity contribution in [1.29, 1.82) is 0 Å². The second-order valence-corrected chi connectivity index (χ2v) is 15.5. The molecule has 260 valence electrons. The Hall–Kier alpha value is -4.30. The van der Waals surface area contributed by atoms with Crippen LogP contribution in [0.1, 0.15) is 84.3 Å². The van der Waals surface area contributed by atoms with Gasteiger partial charge < -0.3 is 19.1 Å². The van der Waals surface area contributed by atoms with E-state index in [1.165, 1.54) is 0 Å². The first-order valence-electron chi connectivity index (χ1n) is 17.1. The molecule has 0 bridgehead atoms. The fraction of sp³-hybridized carbons (Fsp3) is 0.390. The zero-order valence-corrected chi connectivity index (χ0v) is 31.3. The molecule has 0 atom stereocenters. The van der Waals surface area contributed by atoms with E-state index in [2.05, 4.69) is 78.6 Å². The topological polar surface area (TPSA) is 86.5 Å². The number of ether oxygens (including phenoxy) is 2. The molecule has 0 fully saturated rings. The summed E-state index contributed by atoms with van der Waals surface area (Å²) >= 11 is 1.77. The van der Waals surface area contributed by atoms with E-state index in [4.69, 9.17) is 9.47 Å². The van der Waals surface area contributed by atoms with Crippen LogP contribution in [0, 0.1) is 12.3 Å². The number of nitrogens with zero attached hydrogens (tertiary/aromatic N) is 3. The standard InChI is InChI=1S/C39H45N3O4S.C2H6/c1-8-19-45-35-18-14-29(23-41-35)28-12-10-27(11-13-28)24-42-33-17-16-31(46-25-30-15-9-26(2)22-40-30)20-32(33)36(47-38(3,4)5)34(42)21-39(6,7)37(43)44;1-2/h9-18,20,22-23H,8,19,21,24-25H2,1-7H3,(H,43,44);1-2H3. The minimum absolute atomic E-state index is 0.100. The maximum atomic E-state index is 12.4. The summed E-state index contributed by atoms with van der Waals surface area (Å²) < 4.78 is 14.1. The SMILES string of the molecule is CC.CCCOc1ccc(-c2ccc(Cn3c(CC(C)(C)C(=O)O)c(SC(C)(C)C)c4cc(OCc5ccc(C)cn5)ccc43)cc2)cn1. The van der Waals surface area contributed by atoms with Crippen molar-refractivity contribution in [3.8, 4) is 22.8 Å². The number of rotatable bonds is 13. The van der Waals surface area contributed by atoms with E-state index in [1.807, 2.05) is 63.5 Å². The summed E-state index contributed by atoms with van der Waals surface area (Å²) in [6.45, 7) is 19.9. The lowest BCUT2D eigenvalue weighted by Crippen LogP contribution is -2.28. The summed E-state index contributed by atoms with van der Waals surface area (Å²) in [5, 5.41) is 11.2. The summed E-state index contributed by atoms with van der Waals surface area (Å²) in [5.41, 5.74) is 6.28. The van der Waals surface area contributed by atoms with E-state index < -0.39 is 11.4 Å². The second kappa shape index (κ2) is 16.4. The number of carboxylic acids is 1. The zero-order valence-electron chi connectivity index (χ0n) is 30.5. The van der Waals surface area contributed by atoms with E-state index in [0.29, 0.717) is 32.1 Å². The Morgan fingerprint density at radius 3 is 2.18 bits per heavy atom. The summed E-state index contributed by atoms with van der Waals surface area (Å²) in [5.74, 6) is 0.563. The van der Waals surface area contributed by atoms with Gasteiger partial charge in [0, 0.05) is 63.2 Å². The van der Waals surface area contributed by atoms with Crippen molar-refractivity contribution in [2.75, 3.05) is 6.61 Å². The lowest BCUT2D eigenvalue weighted by atomic mass is 9.88. The molecule has 1 N–H and O–H groups in total. The van der Waals surface area contributed by atoms with E-state index in [1.54, 1.807) is 25.6 Å². The van der Waals surface area contributed by atoms with Crippen LogP contribution in [0.25, 0.3) is 22.0 Å². The van der Waals surface area contributed by atoms with Gasteiger partial charge in [-0.15, -0.1) is 11.8 Å². The van der Waals surface area contributed by atoms with Gasteiger partial charge in [-0.05, 0) is 74.2 Å². The minimum Gasteiger partial charge on any atom is -0.487 e. The molecule has 5 aromatic rings. The Kier molecular flexibility index (Phi) is 12.6. The van der Waals surface area contributed by atoms with Crippen LogP contribution in [0.4, 0.5) is 0 Å². The highest BCUT2D eigenvalue weighted by Crippen LogP contribution is 2.44. The maximum absolute atomic E-state index is 12.4. The average molecular weight is 682 g/mol. The van der Waals surface area contributed by atoms with Crippen LogP contribution in [0.15, 0.2) is 84.0 Å². The number of aliphatic carboxylic acids is 1. The highest BCUT2D eigenvalue weighted by atomic mass is 32.2. The van der Waals surface area contributed by atoms with Gasteiger partial charge in [0.25, 0.3) is 0 Å². The molecule has 0 amide bonds. The molecule has 7 nitrogen and oxygen atoms in total. The van der Waals surface area contributed by atoms with Gasteiger partial charge in [-0.25, -0.2) is 4.98 Å². The molecular formula is C41H51N3O4S. The number of aromatic nitrogens is 3. The number of carboxylic acid groups (broad SMARTS) is 1. The first-order valence-corrected chi connectivity index (χ1v) is 17.9. The fourth-order valence-corrected chi connectivity index (χ4v) is 6.47. The number of aryl methyl sites for hydroxylation is 1. The molecule has 0 aliphatic heterocycles. The van der Waals surface area contributed by atoms with Crippen LogP contribution in [-0.2, 0) is 24.4 Å². The molecule has 49 heavy (non-hydrogen) atoms. The summed E-state index contributed by atoms with van der Waals surface area (Å²) in [4.78, 5) is 22.4. The molecule has 2 aromatic carbocycles. The number of fused-ring (bicyclic) bond motifs is 1. The van der Waals surface area contributed by atoms with Gasteiger partial charge >= 0.3 is 5.97 Å². The predicted molar refractivity (Wildman–Crippen MR) is 202 cm³/mol. The highest BCUT2D eigenvalue weighted by Gasteiger charge is 2.33. The monoisotopic (exact) mass is 681 g/mol. The van der Waals surface area contributed by atoms with Crippen molar-refractivity contribution >= 4 is 28.6 Å². The molecule has 5 rings (SSSR count). The fourth-order valence-electron chi connectivity index (χ4n) is 5.29. The van der Waals surface area contributed by atoms with Crippen LogP contribution in [0.5, 0.6) is 11.6 Å². The normalized spacial score (nSPS) is 11.6. The minimum atomic E-state index is -0.959. The number of thioether (sulfide) groups is 1. The first-order chi connectivity index (χ1) is 23.3. The lowest BCUT2D eigenvalue weighted by Gasteiger charge is -2.24. The van der Waals surface area contributed by atoms with Crippen LogP contribution in [0.3, 0.4) is 0 Å². The van der Waals surface area contributed by atoms with Gasteiger partial charge in [0.2, 0.25) is 5.88 Å². The second-order valence-electron chi connectivity index (χ2n) is 13.7. The van der Waals surface area contributed by atoms with Gasteiger partial charge in [0.15, 0.2) is 0 Å². The van der Waals surface area contributed by atoms with E-state index in [9.17, 15) is 9.90 Å². The molecule has 0 aliphatic carbocycles. The van der Waals surface area contributed by atoms with Crippen molar-refractivity contribution in [2.24, 2.45) is 5.41 Å². The number of pyridine rings is 2. The predicted octanol–water partition coefficient (Wildman–Crippen LogP) is 10.4. The molecule has 0 spiro atoms. The molecule has 3 heterocycles. The number of hydrogen-bond acceptors (Lipinski definition) is 6. The smallest absolute Gasteiger partial charge is 0.309 e.